The van der Waals surface area contributed by atoms with Crippen LogP contribution in [0.3, 0.4) is 0 Å². The molecule has 8 heteroatoms. The van der Waals surface area contributed by atoms with Crippen LogP contribution in [0, 0.1) is 11.6 Å². The molecule has 136 valence electrons. The molecule has 4 rings (SSSR count). The van der Waals surface area contributed by atoms with Crippen LogP contribution < -0.4 is 10.9 Å². The molecular formula is C19H14F2N4OS. The standard InChI is InChI=1S/C19H14F2N4OS/c1-27-12-7-5-11(6-8-12)23-17-16-19(26)22-9-10-25(16)18(24-17)15-13(20)3-2-4-14(15)21/h2-10,23H,1H3,(H,22,26). The second-order valence-corrected chi connectivity index (χ2v) is 6.62. The number of H-pyrrole nitrogens is 1. The van der Waals surface area contributed by atoms with Gasteiger partial charge >= 0.3 is 0 Å². The molecule has 0 spiro atoms. The van der Waals surface area contributed by atoms with Crippen LogP contribution in [0.25, 0.3) is 16.9 Å². The molecule has 0 saturated heterocycles. The largest absolute Gasteiger partial charge is 0.338 e. The van der Waals surface area contributed by atoms with E-state index in [1.807, 2.05) is 30.5 Å². The minimum absolute atomic E-state index is 0.00920. The summed E-state index contributed by atoms with van der Waals surface area (Å²) in [6.07, 6.45) is 4.88. The van der Waals surface area contributed by atoms with Gasteiger partial charge in [0.05, 0.1) is 5.56 Å². The predicted molar refractivity (Wildman–Crippen MR) is 103 cm³/mol. The molecule has 2 N–H and O–H groups in total. The molecule has 0 aliphatic heterocycles. The first-order valence-electron chi connectivity index (χ1n) is 8.03. The Morgan fingerprint density at radius 1 is 1.11 bits per heavy atom. The van der Waals surface area contributed by atoms with Gasteiger partial charge in [-0.1, -0.05) is 6.07 Å². The van der Waals surface area contributed by atoms with Gasteiger partial charge in [-0.25, -0.2) is 13.8 Å². The van der Waals surface area contributed by atoms with Crippen LogP contribution in [0.4, 0.5) is 20.3 Å². The van der Waals surface area contributed by atoms with Crippen molar-refractivity contribution in [2.24, 2.45) is 0 Å². The van der Waals surface area contributed by atoms with Crippen molar-refractivity contribution < 1.29 is 8.78 Å². The topological polar surface area (TPSA) is 62.2 Å². The number of imidazole rings is 1. The first-order valence-corrected chi connectivity index (χ1v) is 9.26. The van der Waals surface area contributed by atoms with Crippen molar-refractivity contribution in [2.75, 3.05) is 11.6 Å². The highest BCUT2D eigenvalue weighted by Gasteiger charge is 2.21. The van der Waals surface area contributed by atoms with Crippen molar-refractivity contribution in [1.82, 2.24) is 14.4 Å². The van der Waals surface area contributed by atoms with Gasteiger partial charge in [-0.15, -0.1) is 11.8 Å². The molecule has 27 heavy (non-hydrogen) atoms. The average Bonchev–Trinajstić information content (AvgIpc) is 3.02. The Hall–Kier alpha value is -3.13. The number of aromatic amines is 1. The summed E-state index contributed by atoms with van der Waals surface area (Å²) >= 11 is 1.61. The number of anilines is 2. The highest BCUT2D eigenvalue weighted by molar-refractivity contribution is 7.98. The van der Waals surface area contributed by atoms with Gasteiger partial charge in [0.25, 0.3) is 5.56 Å². The van der Waals surface area contributed by atoms with Crippen LogP contribution in [0.1, 0.15) is 0 Å². The van der Waals surface area contributed by atoms with E-state index in [1.165, 1.54) is 22.9 Å². The first kappa shape index (κ1) is 17.3. The third-order valence-electron chi connectivity index (χ3n) is 4.10. The van der Waals surface area contributed by atoms with Crippen molar-refractivity contribution in [3.8, 4) is 11.4 Å². The molecule has 0 saturated carbocycles. The molecule has 0 fully saturated rings. The minimum Gasteiger partial charge on any atom is -0.338 e. The Morgan fingerprint density at radius 2 is 1.81 bits per heavy atom. The second kappa shape index (κ2) is 6.88. The lowest BCUT2D eigenvalue weighted by molar-refractivity contribution is 0.587. The summed E-state index contributed by atoms with van der Waals surface area (Å²) in [4.78, 5) is 20.3. The Kier molecular flexibility index (Phi) is 4.41. The van der Waals surface area contributed by atoms with E-state index in [9.17, 15) is 13.6 Å². The fraction of sp³-hybridized carbons (Fsp3) is 0.0526. The number of rotatable bonds is 4. The lowest BCUT2D eigenvalue weighted by Gasteiger charge is -2.04. The highest BCUT2D eigenvalue weighted by atomic mass is 32.2. The maximum absolute atomic E-state index is 14.3. The van der Waals surface area contributed by atoms with Gasteiger partial charge in [-0.3, -0.25) is 9.20 Å². The van der Waals surface area contributed by atoms with Crippen LogP contribution >= 0.6 is 11.8 Å². The number of nitrogens with zero attached hydrogens (tertiary/aromatic N) is 2. The van der Waals surface area contributed by atoms with Gasteiger partial charge in [0, 0.05) is 23.0 Å². The number of fused-ring (bicyclic) bond motifs is 1. The Balaban J connectivity index is 1.90. The second-order valence-electron chi connectivity index (χ2n) is 5.74. The van der Waals surface area contributed by atoms with Gasteiger partial charge in [0.15, 0.2) is 17.2 Å². The molecule has 0 radical (unpaired) electrons. The molecule has 0 aliphatic rings. The van der Waals surface area contributed by atoms with Crippen LogP contribution in [-0.2, 0) is 0 Å². The normalized spacial score (nSPS) is 11.1. The highest BCUT2D eigenvalue weighted by Crippen LogP contribution is 2.30. The smallest absolute Gasteiger partial charge is 0.276 e. The van der Waals surface area contributed by atoms with Crippen LogP contribution in [0.2, 0.25) is 0 Å². The molecule has 0 unspecified atom stereocenters. The lowest BCUT2D eigenvalue weighted by atomic mass is 10.2. The fourth-order valence-electron chi connectivity index (χ4n) is 2.84. The summed E-state index contributed by atoms with van der Waals surface area (Å²) in [6, 6.07) is 11.1. The summed E-state index contributed by atoms with van der Waals surface area (Å²) in [5.41, 5.74) is 0.167. The summed E-state index contributed by atoms with van der Waals surface area (Å²) < 4.78 is 29.9. The predicted octanol–water partition coefficient (Wildman–Crippen LogP) is 4.43. The number of halogens is 2. The molecule has 0 aliphatic carbocycles. The molecule has 5 nitrogen and oxygen atoms in total. The van der Waals surface area contributed by atoms with Crippen molar-refractivity contribution >= 4 is 28.8 Å². The zero-order valence-electron chi connectivity index (χ0n) is 14.2. The summed E-state index contributed by atoms with van der Waals surface area (Å²) in [5.74, 6) is -1.28. The third kappa shape index (κ3) is 3.08. The zero-order valence-corrected chi connectivity index (χ0v) is 15.0. The number of hydrogen-bond donors (Lipinski definition) is 2. The van der Waals surface area contributed by atoms with E-state index in [0.717, 1.165) is 17.0 Å². The van der Waals surface area contributed by atoms with E-state index >= 15 is 0 Å². The molecule has 2 heterocycles. The molecule has 0 atom stereocenters. The SMILES string of the molecule is CSc1ccc(Nc2nc(-c3c(F)cccc3F)n3cc[nH]c(=O)c23)cc1. The lowest BCUT2D eigenvalue weighted by Crippen LogP contribution is -2.09. The maximum Gasteiger partial charge on any atom is 0.276 e. The first-order chi connectivity index (χ1) is 13.1. The van der Waals surface area contributed by atoms with Crippen LogP contribution in [0.15, 0.2) is 64.5 Å². The van der Waals surface area contributed by atoms with Gasteiger partial charge in [-0.2, -0.15) is 0 Å². The van der Waals surface area contributed by atoms with Crippen molar-refractivity contribution in [2.45, 2.75) is 4.90 Å². The van der Waals surface area contributed by atoms with E-state index in [0.29, 0.717) is 5.69 Å². The minimum atomic E-state index is -0.752. The Labute approximate surface area is 157 Å². The number of benzene rings is 2. The van der Waals surface area contributed by atoms with E-state index in [4.69, 9.17) is 0 Å². The van der Waals surface area contributed by atoms with Gasteiger partial charge in [0.1, 0.15) is 11.6 Å². The number of hydrogen-bond acceptors (Lipinski definition) is 4. The number of aromatic nitrogens is 3. The van der Waals surface area contributed by atoms with E-state index in [1.54, 1.807) is 11.8 Å². The molecule has 0 amide bonds. The van der Waals surface area contributed by atoms with Crippen LogP contribution in [-0.4, -0.2) is 20.6 Å². The molecule has 2 aromatic heterocycles. The Bertz CT molecular complexity index is 1160. The van der Waals surface area contributed by atoms with Crippen molar-refractivity contribution in [3.63, 3.8) is 0 Å². The quantitative estimate of drug-likeness (QED) is 0.511. The third-order valence-corrected chi connectivity index (χ3v) is 4.85. The number of thioether (sulfide) groups is 1. The molecule has 2 aromatic carbocycles. The monoisotopic (exact) mass is 384 g/mol. The molecular weight excluding hydrogens is 370 g/mol. The van der Waals surface area contributed by atoms with Gasteiger partial charge in [-0.05, 0) is 42.7 Å². The summed E-state index contributed by atoms with van der Waals surface area (Å²) in [5, 5.41) is 3.06. The fourth-order valence-corrected chi connectivity index (χ4v) is 3.24. The van der Waals surface area contributed by atoms with E-state index < -0.39 is 17.2 Å². The molecule has 4 aromatic rings. The van der Waals surface area contributed by atoms with E-state index in [2.05, 4.69) is 15.3 Å². The number of nitrogens with one attached hydrogen (secondary N) is 2. The van der Waals surface area contributed by atoms with Crippen LogP contribution in [0.5, 0.6) is 0 Å². The van der Waals surface area contributed by atoms with Crippen molar-refractivity contribution in [1.29, 1.82) is 0 Å². The maximum atomic E-state index is 14.3. The Morgan fingerprint density at radius 3 is 2.48 bits per heavy atom. The molecule has 0 bridgehead atoms. The summed E-state index contributed by atoms with van der Waals surface area (Å²) in [7, 11) is 0. The van der Waals surface area contributed by atoms with E-state index in [-0.39, 0.29) is 22.7 Å². The van der Waals surface area contributed by atoms with Gasteiger partial charge < -0.3 is 10.3 Å². The average molecular weight is 384 g/mol. The van der Waals surface area contributed by atoms with Gasteiger partial charge in [0.2, 0.25) is 0 Å². The zero-order chi connectivity index (χ0) is 19.0. The van der Waals surface area contributed by atoms with Crippen molar-refractivity contribution in [3.05, 3.63) is 76.8 Å². The summed E-state index contributed by atoms with van der Waals surface area (Å²) in [6.45, 7) is 0.